The fourth-order valence-electron chi connectivity index (χ4n) is 0.518. The van der Waals surface area contributed by atoms with E-state index in [4.69, 9.17) is 0 Å². The predicted octanol–water partition coefficient (Wildman–Crippen LogP) is 1.80. The fraction of sp³-hybridized carbons (Fsp3) is 1.00. The molecule has 88 valence electrons. The Labute approximate surface area is 95.9 Å². The van der Waals surface area contributed by atoms with Gasteiger partial charge in [0.15, 0.2) is 0 Å². The molecule has 14 heavy (non-hydrogen) atoms. The Morgan fingerprint density at radius 3 is 1.57 bits per heavy atom. The van der Waals surface area contributed by atoms with Gasteiger partial charge in [-0.3, -0.25) is 4.57 Å². The van der Waals surface area contributed by atoms with Crippen LogP contribution in [0.1, 0.15) is 27.7 Å². The third-order valence-corrected chi connectivity index (χ3v) is 2.06. The van der Waals surface area contributed by atoms with Gasteiger partial charge in [-0.05, 0) is 11.8 Å². The van der Waals surface area contributed by atoms with Crippen molar-refractivity contribution in [3.63, 3.8) is 0 Å². The van der Waals surface area contributed by atoms with Gasteiger partial charge in [0.1, 0.15) is 0 Å². The largest absolute Gasteiger partial charge is 2.00 e. The van der Waals surface area contributed by atoms with E-state index >= 15 is 0 Å². The fourth-order valence-corrected chi connectivity index (χ4v) is 1.55. The van der Waals surface area contributed by atoms with Crippen molar-refractivity contribution in [2.24, 2.45) is 11.8 Å². The summed E-state index contributed by atoms with van der Waals surface area (Å²) in [6.07, 6.45) is 0. The Kier molecular flexibility index (Phi) is 9.53. The van der Waals surface area contributed by atoms with Crippen LogP contribution in [-0.2, 0) is 30.1 Å². The zero-order valence-corrected chi connectivity index (χ0v) is 10.8. The van der Waals surface area contributed by atoms with E-state index in [2.05, 4.69) is 9.05 Å². The van der Waals surface area contributed by atoms with Crippen LogP contribution in [0.15, 0.2) is 0 Å². The van der Waals surface area contributed by atoms with Crippen LogP contribution in [0.5, 0.6) is 0 Å². The van der Waals surface area contributed by atoms with E-state index in [9.17, 15) is 9.46 Å². The van der Waals surface area contributed by atoms with Crippen molar-refractivity contribution in [2.75, 3.05) is 13.2 Å². The molecule has 0 amide bonds. The van der Waals surface area contributed by atoms with Crippen LogP contribution < -0.4 is 4.89 Å². The molecule has 0 aromatic carbocycles. The summed E-state index contributed by atoms with van der Waals surface area (Å²) in [5, 5.41) is 0. The van der Waals surface area contributed by atoms with Crippen molar-refractivity contribution in [1.29, 1.82) is 0 Å². The molecule has 0 aromatic rings. The first-order chi connectivity index (χ1) is 5.83. The molecule has 0 N–H and O–H groups in total. The average Bonchev–Trinajstić information content (AvgIpc) is 1.98. The van der Waals surface area contributed by atoms with Crippen LogP contribution in [0.3, 0.4) is 0 Å². The van der Waals surface area contributed by atoms with Gasteiger partial charge in [0.2, 0.25) is 0 Å². The molecule has 0 fully saturated rings. The molecule has 0 unspecified atom stereocenters. The molecule has 0 aliphatic carbocycles. The summed E-state index contributed by atoms with van der Waals surface area (Å²) < 4.78 is 20.3. The van der Waals surface area contributed by atoms with Gasteiger partial charge in [-0.2, -0.15) is 0 Å². The van der Waals surface area contributed by atoms with E-state index < -0.39 is 7.82 Å². The van der Waals surface area contributed by atoms with Crippen molar-refractivity contribution < 1.29 is 35.0 Å². The minimum Gasteiger partial charge on any atom is -0.756 e. The van der Waals surface area contributed by atoms with Crippen molar-refractivity contribution in [3.05, 3.63) is 0 Å². The molecule has 0 aromatic heterocycles. The maximum absolute atomic E-state index is 11.0. The molecule has 0 radical (unpaired) electrons. The summed E-state index contributed by atoms with van der Waals surface area (Å²) in [7, 11) is -4.05. The molecule has 0 atom stereocenters. The third-order valence-electron chi connectivity index (χ3n) is 1.13. The molecule has 0 rings (SSSR count). The smallest absolute Gasteiger partial charge is 0.756 e. The van der Waals surface area contributed by atoms with Gasteiger partial charge in [0, 0.05) is 0 Å². The standard InChI is InChI=1S/C8H19O4P.Ni/c1-7(2)5-11-13(9,10)12-6-8(3)4;/h7-8H,5-6H2,1-4H3,(H,9,10);/q;+2/p-1. The van der Waals surface area contributed by atoms with E-state index in [-0.39, 0.29) is 41.5 Å². The van der Waals surface area contributed by atoms with Crippen LogP contribution in [0.25, 0.3) is 0 Å². The number of rotatable bonds is 6. The minimum absolute atomic E-state index is 0. The van der Waals surface area contributed by atoms with E-state index in [1.54, 1.807) is 0 Å². The van der Waals surface area contributed by atoms with Crippen LogP contribution >= 0.6 is 7.82 Å². The minimum atomic E-state index is -4.05. The van der Waals surface area contributed by atoms with Crippen molar-refractivity contribution >= 4 is 7.82 Å². The van der Waals surface area contributed by atoms with Crippen LogP contribution in [0.4, 0.5) is 0 Å². The maximum atomic E-state index is 11.0. The van der Waals surface area contributed by atoms with E-state index in [0.717, 1.165) is 0 Å². The summed E-state index contributed by atoms with van der Waals surface area (Å²) in [4.78, 5) is 11.0. The Balaban J connectivity index is 0. The second kappa shape index (κ2) is 7.84. The Morgan fingerprint density at radius 1 is 1.07 bits per heavy atom. The first-order valence-corrected chi connectivity index (χ1v) is 5.89. The second-order valence-electron chi connectivity index (χ2n) is 3.83. The predicted molar refractivity (Wildman–Crippen MR) is 49.2 cm³/mol. The van der Waals surface area contributed by atoms with Crippen molar-refractivity contribution in [2.45, 2.75) is 27.7 Å². The summed E-state index contributed by atoms with van der Waals surface area (Å²) in [5.41, 5.74) is 0. The second-order valence-corrected chi connectivity index (χ2v) is 5.24. The molecule has 0 heterocycles. The van der Waals surface area contributed by atoms with Gasteiger partial charge < -0.3 is 13.9 Å². The number of phosphoric ester groups is 1. The van der Waals surface area contributed by atoms with E-state index in [0.29, 0.717) is 0 Å². The van der Waals surface area contributed by atoms with Gasteiger partial charge >= 0.3 is 16.5 Å². The van der Waals surface area contributed by atoms with E-state index in [1.165, 1.54) is 0 Å². The zero-order chi connectivity index (χ0) is 10.5. The van der Waals surface area contributed by atoms with Crippen molar-refractivity contribution in [3.8, 4) is 0 Å². The molecular formula is C8H18NiO4P+. The van der Waals surface area contributed by atoms with Crippen LogP contribution in [0, 0.1) is 11.8 Å². The van der Waals surface area contributed by atoms with Crippen LogP contribution in [0.2, 0.25) is 0 Å². The molecule has 4 nitrogen and oxygen atoms in total. The Morgan fingerprint density at radius 2 is 1.36 bits per heavy atom. The molecule has 6 heteroatoms. The Hall–Kier alpha value is 0.604. The van der Waals surface area contributed by atoms with Gasteiger partial charge in [-0.15, -0.1) is 0 Å². The first kappa shape index (κ1) is 17.0. The monoisotopic (exact) mass is 267 g/mol. The number of hydrogen-bond acceptors (Lipinski definition) is 4. The van der Waals surface area contributed by atoms with Crippen LogP contribution in [-0.4, -0.2) is 13.2 Å². The number of phosphoric acid groups is 1. The van der Waals surface area contributed by atoms with E-state index in [1.807, 2.05) is 27.7 Å². The SMILES string of the molecule is CC(C)COP(=O)([O-])OCC(C)C.[Ni+2]. The molecule has 0 bridgehead atoms. The van der Waals surface area contributed by atoms with Gasteiger partial charge in [0.05, 0.1) is 13.2 Å². The number of hydrogen-bond donors (Lipinski definition) is 0. The average molecular weight is 268 g/mol. The third kappa shape index (κ3) is 10.7. The first-order valence-electron chi connectivity index (χ1n) is 4.43. The molecule has 0 aliphatic heterocycles. The maximum Gasteiger partial charge on any atom is 2.00 e. The normalized spacial score (nSPS) is 11.9. The van der Waals surface area contributed by atoms with Gasteiger partial charge in [-0.25, -0.2) is 0 Å². The molecule has 0 spiro atoms. The molecule has 0 saturated carbocycles. The summed E-state index contributed by atoms with van der Waals surface area (Å²) >= 11 is 0. The Bertz CT molecular complexity index is 168. The topological polar surface area (TPSA) is 58.6 Å². The quantitative estimate of drug-likeness (QED) is 0.544. The molecular weight excluding hydrogens is 250 g/mol. The van der Waals surface area contributed by atoms with Gasteiger partial charge in [-0.1, -0.05) is 27.7 Å². The molecule has 0 aliphatic rings. The van der Waals surface area contributed by atoms with Gasteiger partial charge in [0.25, 0.3) is 7.82 Å². The molecule has 0 saturated heterocycles. The van der Waals surface area contributed by atoms with Crippen molar-refractivity contribution in [1.82, 2.24) is 0 Å². The zero-order valence-electron chi connectivity index (χ0n) is 8.97. The summed E-state index contributed by atoms with van der Waals surface area (Å²) in [6, 6.07) is 0. The summed E-state index contributed by atoms with van der Waals surface area (Å²) in [5.74, 6) is 0.370. The summed E-state index contributed by atoms with van der Waals surface area (Å²) in [6.45, 7) is 7.87.